The van der Waals surface area contributed by atoms with Crippen LogP contribution in [0, 0.1) is 6.92 Å². The van der Waals surface area contributed by atoms with Crippen LogP contribution in [0.2, 0.25) is 0 Å². The quantitative estimate of drug-likeness (QED) is 0.794. The van der Waals surface area contributed by atoms with Gasteiger partial charge in [-0.15, -0.1) is 6.58 Å². The van der Waals surface area contributed by atoms with Gasteiger partial charge in [-0.3, -0.25) is 0 Å². The van der Waals surface area contributed by atoms with Gasteiger partial charge in [0.1, 0.15) is 0 Å². The van der Waals surface area contributed by atoms with E-state index in [4.69, 9.17) is 0 Å². The second-order valence-corrected chi connectivity index (χ2v) is 7.63. The molecular weight excluding hydrogens is 342 g/mol. The van der Waals surface area contributed by atoms with Crippen molar-refractivity contribution in [2.24, 2.45) is 0 Å². The molecule has 0 aliphatic heterocycles. The lowest BCUT2D eigenvalue weighted by atomic mass is 10.1. The Morgan fingerprint density at radius 2 is 2.15 bits per heavy atom. The van der Waals surface area contributed by atoms with Gasteiger partial charge in [0.15, 0.2) is 0 Å². The third-order valence-corrected chi connectivity index (χ3v) is 6.57. The molecular formula is C14H18BrNO3S. The number of aryl methyl sites for hydroxylation is 1. The molecule has 1 aliphatic carbocycles. The highest BCUT2D eigenvalue weighted by Crippen LogP contribution is 2.35. The fourth-order valence-corrected chi connectivity index (χ4v) is 4.84. The number of benzene rings is 1. The zero-order chi connectivity index (χ0) is 14.9. The zero-order valence-corrected chi connectivity index (χ0v) is 13.7. The first-order chi connectivity index (χ1) is 9.41. The summed E-state index contributed by atoms with van der Waals surface area (Å²) < 4.78 is 27.7. The van der Waals surface area contributed by atoms with Crippen LogP contribution in [-0.2, 0) is 16.6 Å². The Morgan fingerprint density at radius 1 is 1.50 bits per heavy atom. The van der Waals surface area contributed by atoms with Gasteiger partial charge >= 0.3 is 0 Å². The Bertz CT molecular complexity index is 624. The zero-order valence-electron chi connectivity index (χ0n) is 11.3. The number of nitrogens with zero attached hydrogens (tertiary/aromatic N) is 1. The van der Waals surface area contributed by atoms with E-state index in [9.17, 15) is 13.5 Å². The molecule has 0 radical (unpaired) electrons. The second kappa shape index (κ2) is 5.97. The van der Waals surface area contributed by atoms with Crippen molar-refractivity contribution in [1.82, 2.24) is 4.31 Å². The van der Waals surface area contributed by atoms with E-state index in [-0.39, 0.29) is 17.5 Å². The van der Waals surface area contributed by atoms with Gasteiger partial charge in [0.25, 0.3) is 0 Å². The SMILES string of the molecule is C=CCN(C1CC1)S(=O)(=O)c1cc(CO)cc(C)c1Br. The van der Waals surface area contributed by atoms with Gasteiger partial charge in [-0.25, -0.2) is 8.42 Å². The molecule has 1 aromatic rings. The Hall–Kier alpha value is -0.690. The lowest BCUT2D eigenvalue weighted by Crippen LogP contribution is -2.33. The fourth-order valence-electron chi connectivity index (χ4n) is 2.15. The maximum atomic E-state index is 12.8. The van der Waals surface area contributed by atoms with Gasteiger partial charge in [-0.05, 0) is 52.9 Å². The third kappa shape index (κ3) is 2.98. The monoisotopic (exact) mass is 359 g/mol. The molecule has 6 heteroatoms. The predicted molar refractivity (Wildman–Crippen MR) is 81.9 cm³/mol. The molecule has 0 heterocycles. The summed E-state index contributed by atoms with van der Waals surface area (Å²) in [5, 5.41) is 9.27. The van der Waals surface area contributed by atoms with Gasteiger partial charge < -0.3 is 5.11 Å². The number of hydrogen-bond acceptors (Lipinski definition) is 3. The third-order valence-electron chi connectivity index (χ3n) is 3.31. The largest absolute Gasteiger partial charge is 0.392 e. The van der Waals surface area contributed by atoms with Crippen molar-refractivity contribution in [3.63, 3.8) is 0 Å². The lowest BCUT2D eigenvalue weighted by Gasteiger charge is -2.22. The average Bonchev–Trinajstić information content (AvgIpc) is 3.22. The number of hydrogen-bond donors (Lipinski definition) is 1. The Morgan fingerprint density at radius 3 is 2.65 bits per heavy atom. The molecule has 0 unspecified atom stereocenters. The van der Waals surface area contributed by atoms with Crippen molar-refractivity contribution in [2.45, 2.75) is 37.3 Å². The van der Waals surface area contributed by atoms with Gasteiger partial charge in [0.05, 0.1) is 11.5 Å². The first-order valence-corrected chi connectivity index (χ1v) is 8.67. The summed E-state index contributed by atoms with van der Waals surface area (Å²) in [5.41, 5.74) is 1.39. The Labute approximate surface area is 128 Å². The van der Waals surface area contributed by atoms with Crippen LogP contribution < -0.4 is 0 Å². The Balaban J connectivity index is 2.52. The summed E-state index contributed by atoms with van der Waals surface area (Å²) in [7, 11) is -3.58. The van der Waals surface area contributed by atoms with Crippen LogP contribution in [0.1, 0.15) is 24.0 Å². The molecule has 1 aliphatic rings. The summed E-state index contributed by atoms with van der Waals surface area (Å²) in [6, 6.07) is 3.38. The highest BCUT2D eigenvalue weighted by molar-refractivity contribution is 9.10. The van der Waals surface area contributed by atoms with Crippen LogP contribution in [-0.4, -0.2) is 30.4 Å². The maximum Gasteiger partial charge on any atom is 0.244 e. The van der Waals surface area contributed by atoms with E-state index in [0.717, 1.165) is 18.4 Å². The van der Waals surface area contributed by atoms with Crippen molar-refractivity contribution >= 4 is 26.0 Å². The first-order valence-electron chi connectivity index (χ1n) is 6.44. The molecule has 1 aromatic carbocycles. The highest BCUT2D eigenvalue weighted by Gasteiger charge is 2.38. The van der Waals surface area contributed by atoms with Crippen molar-refractivity contribution in [3.8, 4) is 0 Å². The molecule has 0 bridgehead atoms. The number of halogens is 1. The average molecular weight is 360 g/mol. The molecule has 1 N–H and O–H groups in total. The number of sulfonamides is 1. The molecule has 0 saturated heterocycles. The molecule has 1 fully saturated rings. The number of aliphatic hydroxyl groups excluding tert-OH is 1. The van der Waals surface area contributed by atoms with Crippen molar-refractivity contribution in [1.29, 1.82) is 0 Å². The molecule has 0 amide bonds. The van der Waals surface area contributed by atoms with Crippen LogP contribution in [0.4, 0.5) is 0 Å². The molecule has 0 atom stereocenters. The topological polar surface area (TPSA) is 57.6 Å². The minimum Gasteiger partial charge on any atom is -0.392 e. The molecule has 20 heavy (non-hydrogen) atoms. The minimum absolute atomic E-state index is 0.0722. The van der Waals surface area contributed by atoms with E-state index in [1.807, 2.05) is 6.92 Å². The number of aliphatic hydroxyl groups is 1. The molecule has 2 rings (SSSR count). The summed E-state index contributed by atoms with van der Waals surface area (Å²) in [6.07, 6.45) is 3.39. The predicted octanol–water partition coefficient (Wildman–Crippen LogP) is 2.59. The van der Waals surface area contributed by atoms with E-state index in [0.29, 0.717) is 16.6 Å². The van der Waals surface area contributed by atoms with E-state index in [1.54, 1.807) is 12.1 Å². The summed E-state index contributed by atoms with van der Waals surface area (Å²) in [4.78, 5) is 0.218. The van der Waals surface area contributed by atoms with Crippen molar-refractivity contribution < 1.29 is 13.5 Å². The minimum atomic E-state index is -3.58. The fraction of sp³-hybridized carbons (Fsp3) is 0.429. The molecule has 0 aromatic heterocycles. The summed E-state index contributed by atoms with van der Waals surface area (Å²) in [5.74, 6) is 0. The van der Waals surface area contributed by atoms with Crippen LogP contribution >= 0.6 is 15.9 Å². The van der Waals surface area contributed by atoms with Gasteiger partial charge in [0.2, 0.25) is 10.0 Å². The van der Waals surface area contributed by atoms with E-state index in [2.05, 4.69) is 22.5 Å². The molecule has 1 saturated carbocycles. The second-order valence-electron chi connectivity index (χ2n) is 4.98. The number of rotatable bonds is 6. The van der Waals surface area contributed by atoms with Gasteiger partial charge in [-0.2, -0.15) is 4.31 Å². The summed E-state index contributed by atoms with van der Waals surface area (Å²) in [6.45, 7) is 5.58. The van der Waals surface area contributed by atoms with Gasteiger partial charge in [-0.1, -0.05) is 12.1 Å². The van der Waals surface area contributed by atoms with E-state index < -0.39 is 10.0 Å². The van der Waals surface area contributed by atoms with E-state index in [1.165, 1.54) is 10.4 Å². The van der Waals surface area contributed by atoms with Crippen LogP contribution in [0.15, 0.2) is 34.2 Å². The van der Waals surface area contributed by atoms with Gasteiger partial charge in [0, 0.05) is 17.1 Å². The lowest BCUT2D eigenvalue weighted by molar-refractivity contribution is 0.281. The van der Waals surface area contributed by atoms with Crippen LogP contribution in [0.3, 0.4) is 0 Å². The summed E-state index contributed by atoms with van der Waals surface area (Å²) >= 11 is 3.36. The highest BCUT2D eigenvalue weighted by atomic mass is 79.9. The first kappa shape index (κ1) is 15.7. The van der Waals surface area contributed by atoms with Crippen molar-refractivity contribution in [3.05, 3.63) is 40.4 Å². The molecule has 110 valence electrons. The molecule has 4 nitrogen and oxygen atoms in total. The van der Waals surface area contributed by atoms with Crippen LogP contribution in [0.5, 0.6) is 0 Å². The van der Waals surface area contributed by atoms with E-state index >= 15 is 0 Å². The van der Waals surface area contributed by atoms with Crippen LogP contribution in [0.25, 0.3) is 0 Å². The maximum absolute atomic E-state index is 12.8. The van der Waals surface area contributed by atoms with Crippen molar-refractivity contribution in [2.75, 3.05) is 6.54 Å². The molecule has 0 spiro atoms. The normalized spacial score (nSPS) is 15.6. The smallest absolute Gasteiger partial charge is 0.244 e. The standard InChI is InChI=1S/C14H18BrNO3S/c1-3-6-16(12-4-5-12)20(18,19)13-8-11(9-17)7-10(2)14(13)15/h3,7-8,12,17H,1,4-6,9H2,2H3. The Kier molecular flexibility index (Phi) is 4.69.